The van der Waals surface area contributed by atoms with E-state index in [-0.39, 0.29) is 5.41 Å². The van der Waals surface area contributed by atoms with Crippen LogP contribution in [0, 0.1) is 17.3 Å². The van der Waals surface area contributed by atoms with Crippen LogP contribution in [0.5, 0.6) is 0 Å². The van der Waals surface area contributed by atoms with E-state index in [1.807, 2.05) is 0 Å². The smallest absolute Gasteiger partial charge is 0.150 e. The van der Waals surface area contributed by atoms with Crippen LogP contribution in [0.2, 0.25) is 0 Å². The third kappa shape index (κ3) is 2.90. The highest BCUT2D eigenvalue weighted by Gasteiger charge is 2.50. The lowest BCUT2D eigenvalue weighted by Crippen LogP contribution is -2.40. The average Bonchev–Trinajstić information content (AvgIpc) is 2.95. The maximum atomic E-state index is 11.8. The summed E-state index contributed by atoms with van der Waals surface area (Å²) in [5.74, 6) is 2.32. The highest BCUT2D eigenvalue weighted by atomic mass is 32.2. The summed E-state index contributed by atoms with van der Waals surface area (Å²) in [7, 11) is -2.81. The Morgan fingerprint density at radius 2 is 2.06 bits per heavy atom. The second-order valence-electron chi connectivity index (χ2n) is 6.21. The SMILES string of the molecule is CCNCC1(CCS(=O)(=O)CC)CC2CCC1C2. The van der Waals surface area contributed by atoms with Crippen molar-refractivity contribution in [3.05, 3.63) is 0 Å². The topological polar surface area (TPSA) is 46.2 Å². The van der Waals surface area contributed by atoms with E-state index in [4.69, 9.17) is 0 Å². The van der Waals surface area contributed by atoms with Gasteiger partial charge in [0.25, 0.3) is 0 Å². The largest absolute Gasteiger partial charge is 0.316 e. The van der Waals surface area contributed by atoms with Crippen LogP contribution in [-0.4, -0.2) is 33.0 Å². The fourth-order valence-electron chi connectivity index (χ4n) is 4.05. The molecule has 2 aliphatic rings. The van der Waals surface area contributed by atoms with E-state index in [9.17, 15) is 8.42 Å². The minimum atomic E-state index is -2.81. The first kappa shape index (κ1) is 14.3. The van der Waals surface area contributed by atoms with Gasteiger partial charge in [0.1, 0.15) is 9.84 Å². The van der Waals surface area contributed by atoms with Gasteiger partial charge in [-0.05, 0) is 49.5 Å². The summed E-state index contributed by atoms with van der Waals surface area (Å²) in [6.45, 7) is 5.89. The molecule has 106 valence electrons. The highest BCUT2D eigenvalue weighted by molar-refractivity contribution is 7.91. The molecule has 0 saturated heterocycles. The molecule has 2 saturated carbocycles. The van der Waals surface area contributed by atoms with Crippen LogP contribution < -0.4 is 5.32 Å². The van der Waals surface area contributed by atoms with E-state index in [1.54, 1.807) is 6.92 Å². The number of hydrogen-bond donors (Lipinski definition) is 1. The van der Waals surface area contributed by atoms with Gasteiger partial charge >= 0.3 is 0 Å². The van der Waals surface area contributed by atoms with E-state index in [2.05, 4.69) is 12.2 Å². The fourth-order valence-corrected chi connectivity index (χ4v) is 5.05. The van der Waals surface area contributed by atoms with E-state index >= 15 is 0 Å². The second-order valence-corrected chi connectivity index (χ2v) is 8.68. The van der Waals surface area contributed by atoms with Crippen LogP contribution in [0.15, 0.2) is 0 Å². The van der Waals surface area contributed by atoms with Crippen LogP contribution >= 0.6 is 0 Å². The van der Waals surface area contributed by atoms with Crippen molar-refractivity contribution >= 4 is 9.84 Å². The zero-order valence-corrected chi connectivity index (χ0v) is 12.6. The molecule has 18 heavy (non-hydrogen) atoms. The van der Waals surface area contributed by atoms with Crippen LogP contribution in [0.1, 0.15) is 46.0 Å². The van der Waals surface area contributed by atoms with Gasteiger partial charge in [0.2, 0.25) is 0 Å². The van der Waals surface area contributed by atoms with Gasteiger partial charge in [0.15, 0.2) is 0 Å². The normalized spacial score (nSPS) is 35.2. The van der Waals surface area contributed by atoms with Gasteiger partial charge in [-0.2, -0.15) is 0 Å². The molecule has 3 nitrogen and oxygen atoms in total. The lowest BCUT2D eigenvalue weighted by molar-refractivity contribution is 0.152. The van der Waals surface area contributed by atoms with Crippen LogP contribution in [-0.2, 0) is 9.84 Å². The zero-order valence-electron chi connectivity index (χ0n) is 11.7. The van der Waals surface area contributed by atoms with Crippen molar-refractivity contribution in [2.45, 2.75) is 46.0 Å². The summed E-state index contributed by atoms with van der Waals surface area (Å²) in [4.78, 5) is 0. The van der Waals surface area contributed by atoms with Gasteiger partial charge in [-0.15, -0.1) is 0 Å². The first-order chi connectivity index (χ1) is 8.51. The summed E-state index contributed by atoms with van der Waals surface area (Å²) in [6, 6.07) is 0. The summed E-state index contributed by atoms with van der Waals surface area (Å²) in [5, 5.41) is 3.48. The Labute approximate surface area is 112 Å². The predicted molar refractivity (Wildman–Crippen MR) is 75.4 cm³/mol. The minimum absolute atomic E-state index is 0.279. The Morgan fingerprint density at radius 1 is 1.28 bits per heavy atom. The molecule has 1 N–H and O–H groups in total. The zero-order chi connectivity index (χ0) is 13.2. The van der Waals surface area contributed by atoms with Gasteiger partial charge in [0.05, 0.1) is 5.75 Å². The third-order valence-electron chi connectivity index (χ3n) is 5.18. The van der Waals surface area contributed by atoms with Gasteiger partial charge in [-0.3, -0.25) is 0 Å². The number of fused-ring (bicyclic) bond motifs is 2. The van der Waals surface area contributed by atoms with Gasteiger partial charge < -0.3 is 5.32 Å². The highest BCUT2D eigenvalue weighted by Crippen LogP contribution is 2.57. The molecular formula is C14H27NO2S. The average molecular weight is 273 g/mol. The van der Waals surface area contributed by atoms with Crippen molar-refractivity contribution in [1.29, 1.82) is 0 Å². The first-order valence-electron chi connectivity index (χ1n) is 7.42. The maximum absolute atomic E-state index is 11.8. The molecule has 2 rings (SSSR count). The number of nitrogens with one attached hydrogen (secondary N) is 1. The Bertz CT molecular complexity index is 379. The molecule has 2 fully saturated rings. The number of hydrogen-bond acceptors (Lipinski definition) is 3. The van der Waals surface area contributed by atoms with Crippen molar-refractivity contribution in [3.8, 4) is 0 Å². The van der Waals surface area contributed by atoms with Crippen LogP contribution in [0.3, 0.4) is 0 Å². The molecule has 2 aliphatic carbocycles. The molecule has 0 radical (unpaired) electrons. The summed E-state index contributed by atoms with van der Waals surface area (Å²) < 4.78 is 23.5. The Hall–Kier alpha value is -0.0900. The van der Waals surface area contributed by atoms with E-state index < -0.39 is 9.84 Å². The van der Waals surface area contributed by atoms with Crippen molar-refractivity contribution in [1.82, 2.24) is 5.32 Å². The van der Waals surface area contributed by atoms with E-state index in [0.717, 1.165) is 31.3 Å². The standard InChI is InChI=1S/C14H27NO2S/c1-3-15-11-14(7-8-18(16,17)4-2)10-12-5-6-13(14)9-12/h12-13,15H,3-11H2,1-2H3. The molecule has 3 unspecified atom stereocenters. The lowest BCUT2D eigenvalue weighted by atomic mass is 9.71. The van der Waals surface area contributed by atoms with Crippen molar-refractivity contribution in [3.63, 3.8) is 0 Å². The second kappa shape index (κ2) is 5.49. The quantitative estimate of drug-likeness (QED) is 0.773. The van der Waals surface area contributed by atoms with E-state index in [1.165, 1.54) is 25.7 Å². The summed E-state index contributed by atoms with van der Waals surface area (Å²) >= 11 is 0. The molecule has 0 aliphatic heterocycles. The van der Waals surface area contributed by atoms with E-state index in [0.29, 0.717) is 11.5 Å². The molecular weight excluding hydrogens is 246 g/mol. The molecule has 2 bridgehead atoms. The summed E-state index contributed by atoms with van der Waals surface area (Å²) in [5.41, 5.74) is 0.279. The summed E-state index contributed by atoms with van der Waals surface area (Å²) in [6.07, 6.45) is 6.17. The molecule has 0 aromatic rings. The van der Waals surface area contributed by atoms with Crippen LogP contribution in [0.4, 0.5) is 0 Å². The first-order valence-corrected chi connectivity index (χ1v) is 9.24. The Morgan fingerprint density at radius 3 is 2.56 bits per heavy atom. The molecule has 0 aromatic heterocycles. The van der Waals surface area contributed by atoms with Crippen molar-refractivity contribution in [2.75, 3.05) is 24.6 Å². The molecule has 3 atom stereocenters. The molecule has 0 spiro atoms. The molecule has 0 aromatic carbocycles. The monoisotopic (exact) mass is 273 g/mol. The molecule has 0 heterocycles. The lowest BCUT2D eigenvalue weighted by Gasteiger charge is -2.38. The minimum Gasteiger partial charge on any atom is -0.316 e. The third-order valence-corrected chi connectivity index (χ3v) is 6.89. The Kier molecular flexibility index (Phi) is 4.37. The van der Waals surface area contributed by atoms with Crippen molar-refractivity contribution < 1.29 is 8.42 Å². The number of sulfone groups is 1. The predicted octanol–water partition coefficient (Wildman–Crippen LogP) is 2.23. The fraction of sp³-hybridized carbons (Fsp3) is 1.00. The van der Waals surface area contributed by atoms with Crippen LogP contribution in [0.25, 0.3) is 0 Å². The van der Waals surface area contributed by atoms with Gasteiger partial charge in [-0.25, -0.2) is 8.42 Å². The molecule has 0 amide bonds. The maximum Gasteiger partial charge on any atom is 0.150 e. The Balaban J connectivity index is 2.02. The van der Waals surface area contributed by atoms with Crippen molar-refractivity contribution in [2.24, 2.45) is 17.3 Å². The van der Waals surface area contributed by atoms with Gasteiger partial charge in [0, 0.05) is 12.3 Å². The molecule has 4 heteroatoms. The number of rotatable bonds is 7. The van der Waals surface area contributed by atoms with Gasteiger partial charge in [-0.1, -0.05) is 20.3 Å².